The largest absolute Gasteiger partial charge is 0.494 e. The van der Waals surface area contributed by atoms with Gasteiger partial charge in [-0.25, -0.2) is 0 Å². The summed E-state index contributed by atoms with van der Waals surface area (Å²) in [6.07, 6.45) is 4.51. The lowest BCUT2D eigenvalue weighted by atomic mass is 10.0. The van der Waals surface area contributed by atoms with E-state index >= 15 is 0 Å². The first kappa shape index (κ1) is 15.3. The molecule has 2 N–H and O–H groups in total. The summed E-state index contributed by atoms with van der Waals surface area (Å²) < 4.78 is 11.5. The van der Waals surface area contributed by atoms with Gasteiger partial charge in [0, 0.05) is 12.6 Å². The van der Waals surface area contributed by atoms with Crippen LogP contribution in [0.25, 0.3) is 0 Å². The van der Waals surface area contributed by atoms with Crippen molar-refractivity contribution in [1.82, 2.24) is 0 Å². The summed E-state index contributed by atoms with van der Waals surface area (Å²) in [5.74, 6) is 1.77. The van der Waals surface area contributed by atoms with Crippen LogP contribution in [-0.2, 0) is 17.8 Å². The van der Waals surface area contributed by atoms with Gasteiger partial charge in [-0.15, -0.1) is 0 Å². The third-order valence-corrected chi connectivity index (χ3v) is 3.75. The number of benzene rings is 1. The molecule has 1 aromatic carbocycles. The minimum absolute atomic E-state index is 0.192. The molecule has 0 aliphatic heterocycles. The topological polar surface area (TPSA) is 44.5 Å². The van der Waals surface area contributed by atoms with Gasteiger partial charge in [0.15, 0.2) is 0 Å². The summed E-state index contributed by atoms with van der Waals surface area (Å²) >= 11 is 0. The lowest BCUT2D eigenvalue weighted by Gasteiger charge is -2.15. The van der Waals surface area contributed by atoms with Crippen molar-refractivity contribution in [2.24, 2.45) is 11.7 Å². The highest BCUT2D eigenvalue weighted by molar-refractivity contribution is 5.37. The predicted molar refractivity (Wildman–Crippen MR) is 82.0 cm³/mol. The molecule has 1 atom stereocenters. The van der Waals surface area contributed by atoms with E-state index in [1.807, 2.05) is 6.92 Å². The van der Waals surface area contributed by atoms with Crippen LogP contribution >= 0.6 is 0 Å². The second-order valence-electron chi connectivity index (χ2n) is 5.71. The molecule has 0 aromatic heterocycles. The zero-order chi connectivity index (χ0) is 14.4. The van der Waals surface area contributed by atoms with E-state index in [0.717, 1.165) is 31.1 Å². The summed E-state index contributed by atoms with van der Waals surface area (Å²) in [5.41, 5.74) is 8.50. The molecule has 1 unspecified atom stereocenters. The van der Waals surface area contributed by atoms with Gasteiger partial charge >= 0.3 is 0 Å². The minimum atomic E-state index is 0.192. The molecule has 1 aliphatic carbocycles. The normalized spacial score (nSPS) is 16.1. The van der Waals surface area contributed by atoms with Crippen LogP contribution in [0.2, 0.25) is 0 Å². The molecule has 1 aliphatic rings. The molecule has 0 radical (unpaired) electrons. The van der Waals surface area contributed by atoms with Crippen LogP contribution in [0.3, 0.4) is 0 Å². The highest BCUT2D eigenvalue weighted by atomic mass is 16.5. The zero-order valence-electron chi connectivity index (χ0n) is 12.7. The Morgan fingerprint density at radius 2 is 2.10 bits per heavy atom. The quantitative estimate of drug-likeness (QED) is 0.753. The fourth-order valence-electron chi connectivity index (χ4n) is 2.23. The maximum atomic E-state index is 6.08. The van der Waals surface area contributed by atoms with Crippen molar-refractivity contribution in [3.05, 3.63) is 29.3 Å². The average molecular weight is 277 g/mol. The van der Waals surface area contributed by atoms with E-state index in [4.69, 9.17) is 15.2 Å². The lowest BCUT2D eigenvalue weighted by molar-refractivity contribution is 0.111. The minimum Gasteiger partial charge on any atom is -0.494 e. The summed E-state index contributed by atoms with van der Waals surface area (Å²) in [6, 6.07) is 6.53. The fraction of sp³-hybridized carbons (Fsp3) is 0.647. The van der Waals surface area contributed by atoms with Crippen LogP contribution in [0.4, 0.5) is 0 Å². The van der Waals surface area contributed by atoms with Gasteiger partial charge in [-0.2, -0.15) is 0 Å². The number of nitrogens with two attached hydrogens (primary N) is 1. The van der Waals surface area contributed by atoms with Crippen molar-refractivity contribution < 1.29 is 9.47 Å². The molecule has 0 bridgehead atoms. The molecule has 3 nitrogen and oxygen atoms in total. The van der Waals surface area contributed by atoms with E-state index in [1.54, 1.807) is 0 Å². The molecule has 1 fully saturated rings. The molecule has 0 spiro atoms. The molecule has 20 heavy (non-hydrogen) atoms. The van der Waals surface area contributed by atoms with E-state index in [9.17, 15) is 0 Å². The number of ether oxygens (including phenoxy) is 2. The van der Waals surface area contributed by atoms with Gasteiger partial charge in [0.25, 0.3) is 0 Å². The van der Waals surface area contributed by atoms with Crippen molar-refractivity contribution in [2.45, 2.75) is 52.2 Å². The Labute approximate surface area is 122 Å². The van der Waals surface area contributed by atoms with Crippen LogP contribution in [0.15, 0.2) is 18.2 Å². The summed E-state index contributed by atoms with van der Waals surface area (Å²) in [4.78, 5) is 0. The highest BCUT2D eigenvalue weighted by Crippen LogP contribution is 2.29. The molecule has 1 saturated carbocycles. The summed E-state index contributed by atoms with van der Waals surface area (Å²) in [5, 5.41) is 0. The molecule has 2 rings (SSSR count). The van der Waals surface area contributed by atoms with Crippen LogP contribution in [0, 0.1) is 5.92 Å². The van der Waals surface area contributed by atoms with Gasteiger partial charge < -0.3 is 15.2 Å². The average Bonchev–Trinajstić information content (AvgIpc) is 3.26. The third kappa shape index (κ3) is 4.80. The standard InChI is InChI=1S/C17H27NO2/c1-3-16(18)10-15-9-14(7-8-17(15)20-4-2)12-19-11-13-5-6-13/h7-9,13,16H,3-6,10-12,18H2,1-2H3. The van der Waals surface area contributed by atoms with Gasteiger partial charge in [-0.05, 0) is 61.8 Å². The van der Waals surface area contributed by atoms with Crippen LogP contribution < -0.4 is 10.5 Å². The van der Waals surface area contributed by atoms with Gasteiger partial charge in [0.05, 0.1) is 13.2 Å². The number of rotatable bonds is 9. The van der Waals surface area contributed by atoms with Gasteiger partial charge in [-0.1, -0.05) is 13.0 Å². The van der Waals surface area contributed by atoms with Gasteiger partial charge in [0.1, 0.15) is 5.75 Å². The second kappa shape index (κ2) is 7.65. The first-order chi connectivity index (χ1) is 9.72. The maximum Gasteiger partial charge on any atom is 0.122 e. The smallest absolute Gasteiger partial charge is 0.122 e. The van der Waals surface area contributed by atoms with Crippen LogP contribution in [-0.4, -0.2) is 19.3 Å². The molecule has 0 heterocycles. The second-order valence-corrected chi connectivity index (χ2v) is 5.71. The van der Waals surface area contributed by atoms with Crippen molar-refractivity contribution >= 4 is 0 Å². The molecule has 0 saturated heterocycles. The van der Waals surface area contributed by atoms with E-state index < -0.39 is 0 Å². The predicted octanol–water partition coefficient (Wildman–Crippen LogP) is 3.29. The van der Waals surface area contributed by atoms with E-state index in [0.29, 0.717) is 13.2 Å². The Morgan fingerprint density at radius 3 is 2.75 bits per heavy atom. The lowest BCUT2D eigenvalue weighted by Crippen LogP contribution is -2.22. The van der Waals surface area contributed by atoms with Crippen LogP contribution in [0.5, 0.6) is 5.75 Å². The zero-order valence-corrected chi connectivity index (χ0v) is 12.7. The van der Waals surface area contributed by atoms with Crippen molar-refractivity contribution in [3.63, 3.8) is 0 Å². The SMILES string of the molecule is CCOc1ccc(COCC2CC2)cc1CC(N)CC. The fourth-order valence-corrected chi connectivity index (χ4v) is 2.23. The third-order valence-electron chi connectivity index (χ3n) is 3.75. The number of hydrogen-bond acceptors (Lipinski definition) is 3. The van der Waals surface area contributed by atoms with Crippen molar-refractivity contribution in [3.8, 4) is 5.75 Å². The van der Waals surface area contributed by atoms with Crippen LogP contribution in [0.1, 0.15) is 44.2 Å². The molecule has 0 amide bonds. The monoisotopic (exact) mass is 277 g/mol. The van der Waals surface area contributed by atoms with Gasteiger partial charge in [-0.3, -0.25) is 0 Å². The molecule has 1 aromatic rings. The van der Waals surface area contributed by atoms with E-state index in [2.05, 4.69) is 25.1 Å². The molecular formula is C17H27NO2. The Bertz CT molecular complexity index is 415. The number of hydrogen-bond donors (Lipinski definition) is 1. The van der Waals surface area contributed by atoms with E-state index in [-0.39, 0.29) is 6.04 Å². The van der Waals surface area contributed by atoms with E-state index in [1.165, 1.54) is 24.0 Å². The highest BCUT2D eigenvalue weighted by Gasteiger charge is 2.21. The Hall–Kier alpha value is -1.06. The van der Waals surface area contributed by atoms with Crippen molar-refractivity contribution in [1.29, 1.82) is 0 Å². The molecular weight excluding hydrogens is 250 g/mol. The first-order valence-electron chi connectivity index (χ1n) is 7.80. The summed E-state index contributed by atoms with van der Waals surface area (Å²) in [6.45, 7) is 6.41. The molecule has 3 heteroatoms. The Kier molecular flexibility index (Phi) is 5.86. The first-order valence-corrected chi connectivity index (χ1v) is 7.80. The Balaban J connectivity index is 1.98. The van der Waals surface area contributed by atoms with Crippen molar-refractivity contribution in [2.75, 3.05) is 13.2 Å². The Morgan fingerprint density at radius 1 is 1.30 bits per heavy atom. The maximum absolute atomic E-state index is 6.08. The van der Waals surface area contributed by atoms with Gasteiger partial charge in [0.2, 0.25) is 0 Å². The molecule has 112 valence electrons. The summed E-state index contributed by atoms with van der Waals surface area (Å²) in [7, 11) is 0.